The monoisotopic (exact) mass is 566 g/mol. The third-order valence-electron chi connectivity index (χ3n) is 4.16. The molecule has 1 aliphatic heterocycles. The summed E-state index contributed by atoms with van der Waals surface area (Å²) in [5.74, 6) is -2.50. The van der Waals surface area contributed by atoms with Gasteiger partial charge in [0.1, 0.15) is 5.75 Å². The van der Waals surface area contributed by atoms with Gasteiger partial charge in [0, 0.05) is 10.7 Å². The van der Waals surface area contributed by atoms with Gasteiger partial charge in [0.25, 0.3) is 11.8 Å². The van der Waals surface area contributed by atoms with Gasteiger partial charge < -0.3 is 10.1 Å². The first-order valence-corrected chi connectivity index (χ1v) is 10.9. The zero-order valence-corrected chi connectivity index (χ0v) is 20.1. The van der Waals surface area contributed by atoms with Crippen molar-refractivity contribution in [1.29, 1.82) is 0 Å². The van der Waals surface area contributed by atoms with Crippen molar-refractivity contribution >= 4 is 78.8 Å². The Kier molecular flexibility index (Phi) is 7.52. The van der Waals surface area contributed by atoms with Crippen molar-refractivity contribution in [3.05, 3.63) is 57.0 Å². The number of hydrazone groups is 1. The number of hydrogen-bond acceptors (Lipinski definition) is 6. The fraction of sp³-hybridized carbons (Fsp3) is 0.150. The van der Waals surface area contributed by atoms with Crippen LogP contribution in [0.4, 0.5) is 5.69 Å². The second kappa shape index (κ2) is 10.1. The lowest BCUT2D eigenvalue weighted by Gasteiger charge is -2.30. The van der Waals surface area contributed by atoms with Crippen LogP contribution in [0.5, 0.6) is 5.75 Å². The number of hydrogen-bond donors (Lipinski definition) is 2. The summed E-state index contributed by atoms with van der Waals surface area (Å²) < 4.78 is 6.94. The van der Waals surface area contributed by atoms with Crippen LogP contribution >= 0.6 is 44.1 Å². The van der Waals surface area contributed by atoms with Crippen LogP contribution in [-0.2, 0) is 14.4 Å². The van der Waals surface area contributed by atoms with Gasteiger partial charge in [0.2, 0.25) is 5.91 Å². The van der Waals surface area contributed by atoms with E-state index in [-0.39, 0.29) is 11.7 Å². The number of carbonyl (C=O) groups is 3. The summed E-state index contributed by atoms with van der Waals surface area (Å²) in [5.41, 5.74) is 3.78. The van der Waals surface area contributed by atoms with Crippen molar-refractivity contribution in [1.82, 2.24) is 10.7 Å². The molecular weight excluding hydrogens is 552 g/mol. The van der Waals surface area contributed by atoms with Crippen molar-refractivity contribution in [2.75, 3.05) is 11.5 Å². The minimum atomic E-state index is -1.24. The molecule has 1 aliphatic rings. The molecule has 3 amide bonds. The molecule has 1 atom stereocenters. The van der Waals surface area contributed by atoms with Gasteiger partial charge in [0.15, 0.2) is 17.6 Å². The number of benzene rings is 2. The Hall–Kier alpha value is -2.63. The highest BCUT2D eigenvalue weighted by Gasteiger charge is 2.38. The first-order valence-electron chi connectivity index (χ1n) is 8.91. The van der Waals surface area contributed by atoms with Gasteiger partial charge >= 0.3 is 0 Å². The van der Waals surface area contributed by atoms with Crippen LogP contribution in [0, 0.1) is 12.8 Å². The molecular formula is C20H16Br2N4O4S. The Morgan fingerprint density at radius 3 is 2.65 bits per heavy atom. The maximum atomic E-state index is 12.8. The molecule has 0 spiro atoms. The molecule has 2 aromatic carbocycles. The van der Waals surface area contributed by atoms with Gasteiger partial charge in [-0.25, -0.2) is 5.43 Å². The lowest BCUT2D eigenvalue weighted by molar-refractivity contribution is -0.130. The molecule has 0 aromatic heterocycles. The summed E-state index contributed by atoms with van der Waals surface area (Å²) in [6.45, 7) is 1.61. The highest BCUT2D eigenvalue weighted by Crippen LogP contribution is 2.28. The zero-order chi connectivity index (χ0) is 22.5. The number of ether oxygens (including phenoxy) is 1. The first kappa shape index (κ1) is 23.0. The van der Waals surface area contributed by atoms with Gasteiger partial charge in [-0.1, -0.05) is 33.6 Å². The van der Waals surface area contributed by atoms with Gasteiger partial charge in [-0.15, -0.1) is 0 Å². The van der Waals surface area contributed by atoms with E-state index in [1.807, 2.05) is 19.1 Å². The quantitative estimate of drug-likeness (QED) is 0.242. The molecule has 1 heterocycles. The third-order valence-corrected chi connectivity index (χ3v) is 5.56. The number of carbonyl (C=O) groups excluding carboxylic acids is 3. The summed E-state index contributed by atoms with van der Waals surface area (Å²) in [5, 5.41) is 6.20. The van der Waals surface area contributed by atoms with E-state index < -0.39 is 23.6 Å². The number of nitrogens with one attached hydrogen (secondary N) is 2. The summed E-state index contributed by atoms with van der Waals surface area (Å²) in [7, 11) is 0. The highest BCUT2D eigenvalue weighted by molar-refractivity contribution is 9.11. The third kappa shape index (κ3) is 5.75. The van der Waals surface area contributed by atoms with Gasteiger partial charge in [-0.2, -0.15) is 5.10 Å². The molecule has 160 valence electrons. The minimum Gasteiger partial charge on any atom is -0.483 e. The topological polar surface area (TPSA) is 100 Å². The summed E-state index contributed by atoms with van der Waals surface area (Å²) in [6.07, 6.45) is 1.06. The largest absolute Gasteiger partial charge is 0.483 e. The van der Waals surface area contributed by atoms with Gasteiger partial charge in [-0.05, 0) is 65.4 Å². The van der Waals surface area contributed by atoms with Crippen LogP contribution in [0.1, 0.15) is 5.56 Å². The van der Waals surface area contributed by atoms with Crippen LogP contribution in [0.3, 0.4) is 0 Å². The number of anilines is 1. The molecule has 2 N–H and O–H groups in total. The van der Waals surface area contributed by atoms with Crippen LogP contribution in [0.25, 0.3) is 0 Å². The Morgan fingerprint density at radius 1 is 1.26 bits per heavy atom. The number of halogens is 2. The van der Waals surface area contributed by atoms with E-state index in [4.69, 9.17) is 17.0 Å². The Bertz CT molecular complexity index is 1080. The second-order valence-electron chi connectivity index (χ2n) is 6.46. The van der Waals surface area contributed by atoms with Crippen LogP contribution in [0.15, 0.2) is 56.5 Å². The first-order chi connectivity index (χ1) is 14.8. The lowest BCUT2D eigenvalue weighted by Crippen LogP contribution is -2.58. The van der Waals surface area contributed by atoms with Crippen molar-refractivity contribution in [2.24, 2.45) is 11.0 Å². The maximum Gasteiger partial charge on any atom is 0.277 e. The zero-order valence-electron chi connectivity index (χ0n) is 16.1. The Balaban J connectivity index is 1.61. The predicted molar refractivity (Wildman–Crippen MR) is 127 cm³/mol. The van der Waals surface area contributed by atoms with Crippen molar-refractivity contribution in [2.45, 2.75) is 6.92 Å². The summed E-state index contributed by atoms with van der Waals surface area (Å²) >= 11 is 11.8. The molecule has 0 radical (unpaired) electrons. The van der Waals surface area contributed by atoms with Crippen LogP contribution in [-0.4, -0.2) is 35.7 Å². The molecule has 0 saturated carbocycles. The van der Waals surface area contributed by atoms with E-state index in [0.29, 0.717) is 15.9 Å². The lowest BCUT2D eigenvalue weighted by atomic mass is 10.1. The smallest absolute Gasteiger partial charge is 0.277 e. The molecule has 11 heteroatoms. The molecule has 1 fully saturated rings. The Morgan fingerprint density at radius 2 is 1.97 bits per heavy atom. The van der Waals surface area contributed by atoms with Crippen molar-refractivity contribution in [3.63, 3.8) is 0 Å². The van der Waals surface area contributed by atoms with Crippen molar-refractivity contribution in [3.8, 4) is 5.75 Å². The molecule has 3 rings (SSSR count). The second-order valence-corrected chi connectivity index (χ2v) is 8.61. The SMILES string of the molecule is Cc1ccc(N2C(=O)[C@@H](/C=N\NC(=O)COc3ccc(Br)cc3Br)C(=O)NC2=S)cc1. The standard InChI is InChI=1S/C20H16Br2N4O4S/c1-11-2-5-13(6-3-11)26-19(29)14(18(28)24-20(26)31)9-23-25-17(27)10-30-16-7-4-12(21)8-15(16)22/h2-9,14H,10H2,1H3,(H,25,27)(H,24,28,31)/b23-9-/t14-/m0/s1. The fourth-order valence-corrected chi connectivity index (χ4v) is 4.07. The number of thiocarbonyl (C=S) groups is 1. The van der Waals surface area contributed by atoms with Gasteiger partial charge in [0.05, 0.1) is 10.2 Å². The van der Waals surface area contributed by atoms with E-state index in [1.54, 1.807) is 30.3 Å². The Labute approximate surface area is 200 Å². The van der Waals surface area contributed by atoms with E-state index in [2.05, 4.69) is 47.7 Å². The van der Waals surface area contributed by atoms with E-state index in [0.717, 1.165) is 16.3 Å². The highest BCUT2D eigenvalue weighted by atomic mass is 79.9. The van der Waals surface area contributed by atoms with Crippen LogP contribution < -0.4 is 20.4 Å². The molecule has 0 bridgehead atoms. The normalized spacial score (nSPS) is 16.4. The fourth-order valence-electron chi connectivity index (χ4n) is 2.61. The number of rotatable bonds is 6. The number of amides is 3. The summed E-state index contributed by atoms with van der Waals surface area (Å²) in [4.78, 5) is 38.2. The molecule has 1 saturated heterocycles. The number of nitrogens with zero attached hydrogens (tertiary/aromatic N) is 2. The molecule has 2 aromatic rings. The molecule has 8 nitrogen and oxygen atoms in total. The molecule has 0 aliphatic carbocycles. The molecule has 0 unspecified atom stereocenters. The van der Waals surface area contributed by atoms with E-state index >= 15 is 0 Å². The van der Waals surface area contributed by atoms with Crippen LogP contribution in [0.2, 0.25) is 0 Å². The van der Waals surface area contributed by atoms with Gasteiger partial charge in [-0.3, -0.25) is 19.3 Å². The predicted octanol–water partition coefficient (Wildman–Crippen LogP) is 3.06. The molecule has 31 heavy (non-hydrogen) atoms. The average molecular weight is 568 g/mol. The minimum absolute atomic E-state index is 0.0130. The number of aryl methyl sites for hydroxylation is 1. The average Bonchev–Trinajstić information content (AvgIpc) is 2.71. The van der Waals surface area contributed by atoms with E-state index in [9.17, 15) is 14.4 Å². The maximum absolute atomic E-state index is 12.8. The van der Waals surface area contributed by atoms with Crippen molar-refractivity contribution < 1.29 is 19.1 Å². The van der Waals surface area contributed by atoms with E-state index in [1.165, 1.54) is 4.90 Å². The summed E-state index contributed by atoms with van der Waals surface area (Å²) in [6, 6.07) is 12.4.